The minimum atomic E-state index is -0.809. The lowest BCUT2D eigenvalue weighted by Crippen LogP contribution is -2.46. The molecule has 0 aliphatic rings. The summed E-state index contributed by atoms with van der Waals surface area (Å²) in [6.07, 6.45) is 77.6. The Morgan fingerprint density at radius 3 is 1.18 bits per heavy atom. The fourth-order valence-electron chi connectivity index (χ4n) is 8.66. The highest BCUT2D eigenvalue weighted by atomic mass is 16.5. The summed E-state index contributed by atoms with van der Waals surface area (Å²) in [6, 6.07) is -0.726. The first-order valence-electron chi connectivity index (χ1n) is 30.0. The number of unbranched alkanes of at least 4 members (excludes halogenated alkanes) is 25. The standard InChI is InChI=1S/C65H113NO5/c1-4-7-10-13-16-19-22-25-28-31-32-34-37-40-43-46-49-52-55-58-65(70)71-61(56-53-50-47-44-41-38-35-33-29-26-23-20-17-14-11-8-5-2)59-64(69)66-62(60-67)63(68)57-54-51-48-45-42-39-36-30-27-24-21-18-15-12-9-6-3/h7,10,16-17,19-20,25-26,28-29,32,34,40,43,49,52,61-63,67-68H,4-6,8-9,11-15,18,21-24,27,30-31,33,35-39,41-42,44-48,50-51,53-60H2,1-3H3,(H,66,69)/b10-7-,19-16-,20-17-,28-25-,29-26-,34-32-,43-40-,52-49-. The van der Waals surface area contributed by atoms with Crippen LogP contribution in [-0.2, 0) is 14.3 Å². The molecule has 0 fully saturated rings. The second-order valence-corrected chi connectivity index (χ2v) is 20.0. The predicted octanol–water partition coefficient (Wildman–Crippen LogP) is 18.8. The van der Waals surface area contributed by atoms with Crippen molar-refractivity contribution in [3.05, 3.63) is 97.2 Å². The van der Waals surface area contributed by atoms with Gasteiger partial charge < -0.3 is 20.3 Å². The van der Waals surface area contributed by atoms with Gasteiger partial charge >= 0.3 is 5.97 Å². The molecule has 3 N–H and O–H groups in total. The Morgan fingerprint density at radius 1 is 0.423 bits per heavy atom. The minimum Gasteiger partial charge on any atom is -0.462 e. The van der Waals surface area contributed by atoms with E-state index in [0.29, 0.717) is 19.3 Å². The first kappa shape index (κ1) is 67.8. The summed E-state index contributed by atoms with van der Waals surface area (Å²) in [4.78, 5) is 26.3. The van der Waals surface area contributed by atoms with Gasteiger partial charge in [0.1, 0.15) is 6.10 Å². The number of amides is 1. The van der Waals surface area contributed by atoms with Gasteiger partial charge in [-0.2, -0.15) is 0 Å². The van der Waals surface area contributed by atoms with Crippen molar-refractivity contribution in [1.29, 1.82) is 0 Å². The van der Waals surface area contributed by atoms with Gasteiger partial charge in [0.25, 0.3) is 0 Å². The van der Waals surface area contributed by atoms with Crippen LogP contribution < -0.4 is 5.32 Å². The molecule has 6 heteroatoms. The molecule has 0 saturated heterocycles. The van der Waals surface area contributed by atoms with E-state index < -0.39 is 18.2 Å². The van der Waals surface area contributed by atoms with Crippen LogP contribution in [0.25, 0.3) is 0 Å². The van der Waals surface area contributed by atoms with Crippen molar-refractivity contribution in [2.24, 2.45) is 0 Å². The second-order valence-electron chi connectivity index (χ2n) is 20.0. The zero-order valence-corrected chi connectivity index (χ0v) is 46.6. The van der Waals surface area contributed by atoms with Crippen molar-refractivity contribution in [1.82, 2.24) is 5.32 Å². The van der Waals surface area contributed by atoms with E-state index in [2.05, 4.69) is 117 Å². The summed E-state index contributed by atoms with van der Waals surface area (Å²) in [5.74, 6) is -0.580. The van der Waals surface area contributed by atoms with Gasteiger partial charge in [-0.25, -0.2) is 0 Å². The van der Waals surface area contributed by atoms with Crippen LogP contribution in [0.2, 0.25) is 0 Å². The molecular formula is C65H113NO5. The number of carbonyl (C=O) groups is 2. The number of ether oxygens (including phenoxy) is 1. The molecule has 408 valence electrons. The fourth-order valence-corrected chi connectivity index (χ4v) is 8.66. The highest BCUT2D eigenvalue weighted by Crippen LogP contribution is 2.18. The lowest BCUT2D eigenvalue weighted by Gasteiger charge is -2.24. The Morgan fingerprint density at radius 2 is 0.761 bits per heavy atom. The molecule has 3 atom stereocenters. The predicted molar refractivity (Wildman–Crippen MR) is 310 cm³/mol. The molecule has 0 spiro atoms. The van der Waals surface area contributed by atoms with Crippen molar-refractivity contribution < 1.29 is 24.5 Å². The van der Waals surface area contributed by atoms with E-state index in [1.54, 1.807) is 0 Å². The summed E-state index contributed by atoms with van der Waals surface area (Å²) in [6.45, 7) is 6.35. The van der Waals surface area contributed by atoms with Crippen LogP contribution in [-0.4, -0.2) is 46.9 Å². The average molecular weight is 989 g/mol. The summed E-state index contributed by atoms with van der Waals surface area (Å²) < 4.78 is 5.93. The van der Waals surface area contributed by atoms with Crippen LogP contribution in [0.1, 0.15) is 278 Å². The molecule has 0 aromatic carbocycles. The van der Waals surface area contributed by atoms with Crippen LogP contribution in [0.5, 0.6) is 0 Å². The fraction of sp³-hybridized carbons (Fsp3) is 0.723. The molecule has 3 unspecified atom stereocenters. The van der Waals surface area contributed by atoms with Crippen molar-refractivity contribution in [3.8, 4) is 0 Å². The van der Waals surface area contributed by atoms with E-state index in [1.807, 2.05) is 6.08 Å². The van der Waals surface area contributed by atoms with Crippen LogP contribution in [0, 0.1) is 0 Å². The summed E-state index contributed by atoms with van der Waals surface area (Å²) >= 11 is 0. The Labute approximate surface area is 439 Å². The van der Waals surface area contributed by atoms with Gasteiger partial charge in [-0.1, -0.05) is 266 Å². The summed E-state index contributed by atoms with van der Waals surface area (Å²) in [5, 5.41) is 23.9. The Bertz CT molecular complexity index is 1390. The average Bonchev–Trinajstić information content (AvgIpc) is 3.36. The van der Waals surface area contributed by atoms with Crippen molar-refractivity contribution in [3.63, 3.8) is 0 Å². The molecule has 6 nitrogen and oxygen atoms in total. The third-order valence-corrected chi connectivity index (χ3v) is 13.2. The number of aliphatic hydroxyl groups excluding tert-OH is 2. The quantitative estimate of drug-likeness (QED) is 0.0321. The van der Waals surface area contributed by atoms with E-state index in [4.69, 9.17) is 4.74 Å². The second kappa shape index (κ2) is 57.7. The lowest BCUT2D eigenvalue weighted by atomic mass is 10.0. The Hall–Kier alpha value is -3.22. The molecule has 71 heavy (non-hydrogen) atoms. The van der Waals surface area contributed by atoms with Crippen LogP contribution in [0.4, 0.5) is 0 Å². The van der Waals surface area contributed by atoms with Gasteiger partial charge in [-0.3, -0.25) is 9.59 Å². The number of hydrogen-bond donors (Lipinski definition) is 3. The number of esters is 1. The first-order valence-corrected chi connectivity index (χ1v) is 30.0. The highest BCUT2D eigenvalue weighted by molar-refractivity contribution is 5.77. The molecule has 1 amide bonds. The molecule has 0 aromatic rings. The maximum absolute atomic E-state index is 13.3. The van der Waals surface area contributed by atoms with Crippen molar-refractivity contribution in [2.75, 3.05) is 6.61 Å². The van der Waals surface area contributed by atoms with Crippen LogP contribution in [0.3, 0.4) is 0 Å². The van der Waals surface area contributed by atoms with E-state index in [0.717, 1.165) is 89.9 Å². The first-order chi connectivity index (χ1) is 35.0. The van der Waals surface area contributed by atoms with E-state index in [9.17, 15) is 19.8 Å². The number of aliphatic hydroxyl groups is 2. The number of rotatable bonds is 53. The summed E-state index contributed by atoms with van der Waals surface area (Å²) in [7, 11) is 0. The molecule has 0 aromatic heterocycles. The van der Waals surface area contributed by atoms with Gasteiger partial charge in [0.05, 0.1) is 25.2 Å². The van der Waals surface area contributed by atoms with Crippen LogP contribution >= 0.6 is 0 Å². The third kappa shape index (κ3) is 52.9. The lowest BCUT2D eigenvalue weighted by molar-refractivity contribution is -0.150. The van der Waals surface area contributed by atoms with Gasteiger partial charge in [-0.05, 0) is 96.3 Å². The molecule has 0 bridgehead atoms. The van der Waals surface area contributed by atoms with Gasteiger partial charge in [0.15, 0.2) is 0 Å². The topological polar surface area (TPSA) is 95.9 Å². The number of carbonyl (C=O) groups excluding carboxylic acids is 2. The number of allylic oxidation sites excluding steroid dienone is 16. The normalized spacial score (nSPS) is 13.8. The molecular weight excluding hydrogens is 875 g/mol. The molecule has 0 aliphatic carbocycles. The number of nitrogens with one attached hydrogen (secondary N) is 1. The minimum absolute atomic E-state index is 0.0378. The Kier molecular flexibility index (Phi) is 55.1. The monoisotopic (exact) mass is 988 g/mol. The SMILES string of the molecule is CC/C=C\C/C=C\C/C=C\C/C=C\C/C=C\C/C=C\CCC(=O)OC(CCCCCCCCC/C=C\C/C=C\CCCCC)CC(=O)NC(CO)C(O)CCCCCCCCCCCCCCCCCC. The third-order valence-electron chi connectivity index (χ3n) is 13.2. The largest absolute Gasteiger partial charge is 0.462 e. The van der Waals surface area contributed by atoms with Gasteiger partial charge in [0.2, 0.25) is 5.91 Å². The highest BCUT2D eigenvalue weighted by Gasteiger charge is 2.24. The van der Waals surface area contributed by atoms with E-state index in [-0.39, 0.29) is 31.3 Å². The van der Waals surface area contributed by atoms with E-state index in [1.165, 1.54) is 135 Å². The van der Waals surface area contributed by atoms with Gasteiger partial charge in [-0.15, -0.1) is 0 Å². The zero-order chi connectivity index (χ0) is 51.6. The molecule has 0 rings (SSSR count). The van der Waals surface area contributed by atoms with Crippen LogP contribution in [0.15, 0.2) is 97.2 Å². The van der Waals surface area contributed by atoms with Crippen molar-refractivity contribution in [2.45, 2.75) is 296 Å². The molecule has 0 radical (unpaired) electrons. The Balaban J connectivity index is 4.69. The number of hydrogen-bond acceptors (Lipinski definition) is 5. The molecule has 0 aliphatic heterocycles. The molecule has 0 saturated carbocycles. The van der Waals surface area contributed by atoms with E-state index >= 15 is 0 Å². The summed E-state index contributed by atoms with van der Waals surface area (Å²) in [5.41, 5.74) is 0. The van der Waals surface area contributed by atoms with Crippen molar-refractivity contribution >= 4 is 11.9 Å². The van der Waals surface area contributed by atoms with Gasteiger partial charge in [0, 0.05) is 6.42 Å². The maximum atomic E-state index is 13.3. The molecule has 0 heterocycles. The zero-order valence-electron chi connectivity index (χ0n) is 46.6. The maximum Gasteiger partial charge on any atom is 0.306 e. The smallest absolute Gasteiger partial charge is 0.306 e.